The van der Waals surface area contributed by atoms with E-state index in [2.05, 4.69) is 60.2 Å². The molecule has 1 aliphatic rings. The summed E-state index contributed by atoms with van der Waals surface area (Å²) in [6, 6.07) is 17.3. The van der Waals surface area contributed by atoms with Crippen molar-refractivity contribution < 1.29 is 5.11 Å². The molecule has 21 heavy (non-hydrogen) atoms. The number of likely N-dealkylation sites (N-methyl/N-ethyl adjacent to an activating group) is 1. The first-order valence-corrected chi connectivity index (χ1v) is 7.44. The molecule has 0 fully saturated rings. The summed E-state index contributed by atoms with van der Waals surface area (Å²) >= 11 is 0. The molecule has 3 heteroatoms. The van der Waals surface area contributed by atoms with E-state index in [1.165, 1.54) is 16.9 Å². The number of fused-ring (bicyclic) bond motifs is 1. The van der Waals surface area contributed by atoms with Crippen molar-refractivity contribution in [2.75, 3.05) is 23.4 Å². The number of aliphatic hydroxyl groups excluding tert-OH is 1. The van der Waals surface area contributed by atoms with Crippen LogP contribution < -0.4 is 9.80 Å². The average molecular weight is 282 g/mol. The second kappa shape index (κ2) is 5.78. The molecule has 2 aromatic rings. The fourth-order valence-electron chi connectivity index (χ4n) is 2.95. The second-order valence-corrected chi connectivity index (χ2v) is 5.81. The van der Waals surface area contributed by atoms with Gasteiger partial charge in [-0.1, -0.05) is 36.4 Å². The molecule has 3 rings (SSSR count). The van der Waals surface area contributed by atoms with Crippen LogP contribution in [-0.4, -0.2) is 24.7 Å². The van der Waals surface area contributed by atoms with E-state index in [9.17, 15) is 5.11 Å². The Morgan fingerprint density at radius 2 is 1.81 bits per heavy atom. The number of hydrogen-bond acceptors (Lipinski definition) is 3. The third kappa shape index (κ3) is 2.74. The minimum absolute atomic E-state index is 0.0890. The van der Waals surface area contributed by atoms with Crippen molar-refractivity contribution in [3.63, 3.8) is 0 Å². The van der Waals surface area contributed by atoms with E-state index in [-0.39, 0.29) is 6.61 Å². The van der Waals surface area contributed by atoms with Crippen LogP contribution in [0.3, 0.4) is 0 Å². The molecular weight excluding hydrogens is 260 g/mol. The Balaban J connectivity index is 1.96. The highest BCUT2D eigenvalue weighted by atomic mass is 16.3. The first kappa shape index (κ1) is 14.0. The Hall–Kier alpha value is -2.00. The quantitative estimate of drug-likeness (QED) is 0.937. The molecule has 0 aromatic heterocycles. The van der Waals surface area contributed by atoms with Crippen LogP contribution in [0.15, 0.2) is 48.5 Å². The summed E-state index contributed by atoms with van der Waals surface area (Å²) in [4.78, 5) is 4.73. The van der Waals surface area contributed by atoms with Gasteiger partial charge in [0.15, 0.2) is 0 Å². The summed E-state index contributed by atoms with van der Waals surface area (Å²) in [5.41, 5.74) is 4.73. The van der Waals surface area contributed by atoms with Crippen molar-refractivity contribution in [2.24, 2.45) is 0 Å². The van der Waals surface area contributed by atoms with Crippen molar-refractivity contribution in [1.82, 2.24) is 0 Å². The lowest BCUT2D eigenvalue weighted by Gasteiger charge is -2.42. The maximum absolute atomic E-state index is 9.40. The highest BCUT2D eigenvalue weighted by Gasteiger charge is 2.25. The van der Waals surface area contributed by atoms with Gasteiger partial charge in [0.1, 0.15) is 0 Å². The standard InChI is InChI=1S/C18H22N2O/c1-14-11-20(12-15-6-4-3-5-7-15)18-10-16(13-21)8-9-17(18)19(14)2/h3-10,14,21H,11-13H2,1-2H3. The average Bonchev–Trinajstić information content (AvgIpc) is 2.53. The van der Waals surface area contributed by atoms with Gasteiger partial charge >= 0.3 is 0 Å². The van der Waals surface area contributed by atoms with E-state index in [1.54, 1.807) is 0 Å². The van der Waals surface area contributed by atoms with Gasteiger partial charge in [0.25, 0.3) is 0 Å². The number of rotatable bonds is 3. The Labute approximate surface area is 126 Å². The summed E-state index contributed by atoms with van der Waals surface area (Å²) in [7, 11) is 2.14. The van der Waals surface area contributed by atoms with Crippen LogP contribution in [0.4, 0.5) is 11.4 Å². The first-order chi connectivity index (χ1) is 10.2. The number of hydrogen-bond donors (Lipinski definition) is 1. The minimum Gasteiger partial charge on any atom is -0.392 e. The molecule has 0 aliphatic carbocycles. The molecule has 0 saturated heterocycles. The van der Waals surface area contributed by atoms with Gasteiger partial charge in [-0.25, -0.2) is 0 Å². The van der Waals surface area contributed by atoms with Gasteiger partial charge < -0.3 is 14.9 Å². The van der Waals surface area contributed by atoms with Gasteiger partial charge in [0, 0.05) is 26.2 Å². The molecule has 0 amide bonds. The largest absolute Gasteiger partial charge is 0.392 e. The summed E-state index contributed by atoms with van der Waals surface area (Å²) in [5.74, 6) is 0. The predicted molar refractivity (Wildman–Crippen MR) is 87.7 cm³/mol. The maximum Gasteiger partial charge on any atom is 0.0682 e. The van der Waals surface area contributed by atoms with Crippen molar-refractivity contribution in [2.45, 2.75) is 26.1 Å². The van der Waals surface area contributed by atoms with E-state index in [1.807, 2.05) is 12.1 Å². The lowest BCUT2D eigenvalue weighted by Crippen LogP contribution is -2.45. The van der Waals surface area contributed by atoms with Crippen molar-refractivity contribution in [3.8, 4) is 0 Å². The lowest BCUT2D eigenvalue weighted by atomic mass is 10.0. The Kier molecular flexibility index (Phi) is 3.84. The monoisotopic (exact) mass is 282 g/mol. The number of benzene rings is 2. The number of anilines is 2. The van der Waals surface area contributed by atoms with Crippen LogP contribution in [0.2, 0.25) is 0 Å². The van der Waals surface area contributed by atoms with E-state index < -0.39 is 0 Å². The van der Waals surface area contributed by atoms with Crippen LogP contribution in [-0.2, 0) is 13.2 Å². The SMILES string of the molecule is CC1CN(Cc2ccccc2)c2cc(CO)ccc2N1C. The van der Waals surface area contributed by atoms with Crippen molar-refractivity contribution in [1.29, 1.82) is 0 Å². The normalized spacial score (nSPS) is 17.8. The molecular formula is C18H22N2O. The van der Waals surface area contributed by atoms with E-state index in [0.29, 0.717) is 6.04 Å². The van der Waals surface area contributed by atoms with Gasteiger partial charge in [-0.3, -0.25) is 0 Å². The fourth-order valence-corrected chi connectivity index (χ4v) is 2.95. The highest BCUT2D eigenvalue weighted by molar-refractivity contribution is 5.74. The van der Waals surface area contributed by atoms with Gasteiger partial charge in [-0.2, -0.15) is 0 Å². The summed E-state index contributed by atoms with van der Waals surface area (Å²) in [6.07, 6.45) is 0. The van der Waals surface area contributed by atoms with E-state index in [4.69, 9.17) is 0 Å². The van der Waals surface area contributed by atoms with Crippen LogP contribution in [0, 0.1) is 0 Å². The summed E-state index contributed by atoms with van der Waals surface area (Å²) in [5, 5.41) is 9.40. The smallest absolute Gasteiger partial charge is 0.0682 e. The molecule has 1 heterocycles. The van der Waals surface area contributed by atoms with Crippen molar-refractivity contribution >= 4 is 11.4 Å². The zero-order valence-corrected chi connectivity index (χ0v) is 12.7. The first-order valence-electron chi connectivity index (χ1n) is 7.44. The zero-order chi connectivity index (χ0) is 14.8. The van der Waals surface area contributed by atoms with Crippen LogP contribution in [0.5, 0.6) is 0 Å². The zero-order valence-electron chi connectivity index (χ0n) is 12.7. The van der Waals surface area contributed by atoms with E-state index in [0.717, 1.165) is 18.7 Å². The summed E-state index contributed by atoms with van der Waals surface area (Å²) in [6.45, 7) is 4.24. The second-order valence-electron chi connectivity index (χ2n) is 5.81. The van der Waals surface area contributed by atoms with Gasteiger partial charge in [0.05, 0.1) is 18.0 Å². The third-order valence-electron chi connectivity index (χ3n) is 4.31. The number of nitrogens with zero attached hydrogens (tertiary/aromatic N) is 2. The van der Waals surface area contributed by atoms with Gasteiger partial charge in [0.2, 0.25) is 0 Å². The molecule has 3 nitrogen and oxygen atoms in total. The van der Waals surface area contributed by atoms with Gasteiger partial charge in [-0.15, -0.1) is 0 Å². The highest BCUT2D eigenvalue weighted by Crippen LogP contribution is 2.36. The number of aliphatic hydroxyl groups is 1. The van der Waals surface area contributed by atoms with E-state index >= 15 is 0 Å². The van der Waals surface area contributed by atoms with Crippen LogP contribution in [0.25, 0.3) is 0 Å². The fraction of sp³-hybridized carbons (Fsp3) is 0.333. The van der Waals surface area contributed by atoms with Gasteiger partial charge in [-0.05, 0) is 30.2 Å². The predicted octanol–water partition coefficient (Wildman–Crippen LogP) is 3.02. The molecule has 1 aliphatic heterocycles. The Morgan fingerprint density at radius 1 is 1.05 bits per heavy atom. The Morgan fingerprint density at radius 3 is 2.52 bits per heavy atom. The molecule has 1 unspecified atom stereocenters. The lowest BCUT2D eigenvalue weighted by molar-refractivity contribution is 0.282. The van der Waals surface area contributed by atoms with Crippen LogP contribution in [0.1, 0.15) is 18.1 Å². The molecule has 2 aromatic carbocycles. The van der Waals surface area contributed by atoms with Crippen molar-refractivity contribution in [3.05, 3.63) is 59.7 Å². The molecule has 0 bridgehead atoms. The maximum atomic E-state index is 9.40. The molecule has 1 N–H and O–H groups in total. The molecule has 0 radical (unpaired) electrons. The van der Waals surface area contributed by atoms with Crippen LogP contribution >= 0.6 is 0 Å². The molecule has 0 saturated carbocycles. The topological polar surface area (TPSA) is 26.7 Å². The molecule has 1 atom stereocenters. The molecule has 0 spiro atoms. The minimum atomic E-state index is 0.0890. The third-order valence-corrected chi connectivity index (χ3v) is 4.31. The molecule has 110 valence electrons. The summed E-state index contributed by atoms with van der Waals surface area (Å²) < 4.78 is 0. The Bertz CT molecular complexity index is 612.